The number of morpholine rings is 1. The van der Waals surface area contributed by atoms with Crippen molar-refractivity contribution in [2.45, 2.75) is 31.7 Å². The zero-order chi connectivity index (χ0) is 23.8. The van der Waals surface area contributed by atoms with E-state index < -0.39 is 21.3 Å². The number of hydrogen-bond acceptors (Lipinski definition) is 6. The average Bonchev–Trinajstić information content (AvgIpc) is 3.26. The van der Waals surface area contributed by atoms with Gasteiger partial charge in [-0.3, -0.25) is 13.9 Å². The number of aromatic amines is 1. The summed E-state index contributed by atoms with van der Waals surface area (Å²) in [6, 6.07) is 6.40. The van der Waals surface area contributed by atoms with Crippen molar-refractivity contribution in [3.05, 3.63) is 45.1 Å². The highest BCUT2D eigenvalue weighted by Gasteiger charge is 2.28. The Balaban J connectivity index is 1.91. The molecule has 178 valence electrons. The maximum absolute atomic E-state index is 13.2. The molecular weight excluding hydrogens is 448 g/mol. The minimum absolute atomic E-state index is 0.125. The number of ether oxygens (including phenoxy) is 2. The first-order chi connectivity index (χ1) is 15.8. The van der Waals surface area contributed by atoms with Crippen LogP contribution in [-0.2, 0) is 28.4 Å². The number of benzene rings is 1. The lowest BCUT2D eigenvalue weighted by Crippen LogP contribution is -2.40. The molecule has 11 heteroatoms. The molecule has 33 heavy (non-hydrogen) atoms. The molecule has 2 aromatic heterocycles. The molecule has 1 saturated heterocycles. The van der Waals surface area contributed by atoms with Gasteiger partial charge in [0.1, 0.15) is 11.3 Å². The Morgan fingerprint density at radius 2 is 1.85 bits per heavy atom. The first kappa shape index (κ1) is 23.3. The van der Waals surface area contributed by atoms with Gasteiger partial charge in [0.25, 0.3) is 5.56 Å². The van der Waals surface area contributed by atoms with Crippen molar-refractivity contribution in [2.24, 2.45) is 7.05 Å². The second-order valence-electron chi connectivity index (χ2n) is 7.85. The summed E-state index contributed by atoms with van der Waals surface area (Å²) in [5.41, 5.74) is 0.922. The quantitative estimate of drug-likeness (QED) is 0.553. The van der Waals surface area contributed by atoms with Crippen molar-refractivity contribution in [1.82, 2.24) is 18.4 Å². The van der Waals surface area contributed by atoms with E-state index in [1.54, 1.807) is 22.8 Å². The van der Waals surface area contributed by atoms with E-state index in [2.05, 4.69) is 4.98 Å². The van der Waals surface area contributed by atoms with E-state index in [0.717, 1.165) is 4.57 Å². The standard InChI is InChI=1S/C22H28N4O6S/c1-4-8-26-18-14-17(23-20(18)21(27)24(3)22(26)28)16-13-15(6-7-19(16)32-5-2)33(29,30)25-9-11-31-12-10-25/h6-7,13-14,23H,4-5,8-12H2,1-3H3. The Bertz CT molecular complexity index is 1400. The number of H-pyrrole nitrogens is 1. The Morgan fingerprint density at radius 3 is 2.52 bits per heavy atom. The lowest BCUT2D eigenvalue weighted by molar-refractivity contribution is 0.0730. The summed E-state index contributed by atoms with van der Waals surface area (Å²) in [5.74, 6) is 0.478. The van der Waals surface area contributed by atoms with Crippen molar-refractivity contribution >= 4 is 21.1 Å². The summed E-state index contributed by atoms with van der Waals surface area (Å²) in [7, 11) is -2.29. The molecule has 0 amide bonds. The minimum Gasteiger partial charge on any atom is -0.493 e. The van der Waals surface area contributed by atoms with Gasteiger partial charge in [-0.15, -0.1) is 0 Å². The van der Waals surface area contributed by atoms with E-state index in [4.69, 9.17) is 9.47 Å². The van der Waals surface area contributed by atoms with Gasteiger partial charge >= 0.3 is 5.69 Å². The fourth-order valence-electron chi connectivity index (χ4n) is 4.04. The van der Waals surface area contributed by atoms with Crippen LogP contribution in [0.15, 0.2) is 38.8 Å². The molecule has 1 aliphatic heterocycles. The van der Waals surface area contributed by atoms with E-state index in [-0.39, 0.29) is 23.5 Å². The number of aryl methyl sites for hydroxylation is 1. The molecule has 3 heterocycles. The molecule has 0 unspecified atom stereocenters. The average molecular weight is 477 g/mol. The van der Waals surface area contributed by atoms with Crippen LogP contribution >= 0.6 is 0 Å². The molecule has 4 rings (SSSR count). The van der Waals surface area contributed by atoms with Gasteiger partial charge in [-0.2, -0.15) is 4.31 Å². The van der Waals surface area contributed by atoms with Crippen molar-refractivity contribution in [3.63, 3.8) is 0 Å². The van der Waals surface area contributed by atoms with Gasteiger partial charge in [-0.25, -0.2) is 13.2 Å². The highest BCUT2D eigenvalue weighted by atomic mass is 32.2. The maximum atomic E-state index is 13.2. The second kappa shape index (κ2) is 9.16. The third kappa shape index (κ3) is 4.11. The zero-order valence-electron chi connectivity index (χ0n) is 19.0. The number of aromatic nitrogens is 3. The Kier molecular flexibility index (Phi) is 6.46. The van der Waals surface area contributed by atoms with Crippen LogP contribution in [0.1, 0.15) is 20.3 Å². The van der Waals surface area contributed by atoms with E-state index in [1.807, 2.05) is 13.8 Å². The van der Waals surface area contributed by atoms with Gasteiger partial charge in [0, 0.05) is 32.2 Å². The van der Waals surface area contributed by atoms with Crippen LogP contribution in [0.4, 0.5) is 0 Å². The second-order valence-corrected chi connectivity index (χ2v) is 9.79. The SMILES string of the molecule is CCCn1c(=O)n(C)c(=O)c2[nH]c(-c3cc(S(=O)(=O)N4CCOCC4)ccc3OCC)cc21. The fourth-order valence-corrected chi connectivity index (χ4v) is 5.48. The molecule has 0 spiro atoms. The van der Waals surface area contributed by atoms with E-state index in [1.165, 1.54) is 17.4 Å². The van der Waals surface area contributed by atoms with Crippen molar-refractivity contribution in [1.29, 1.82) is 0 Å². The van der Waals surface area contributed by atoms with Crippen LogP contribution in [0.2, 0.25) is 0 Å². The molecule has 0 aliphatic carbocycles. The van der Waals surface area contributed by atoms with E-state index >= 15 is 0 Å². The number of fused-ring (bicyclic) bond motifs is 1. The molecule has 1 fully saturated rings. The van der Waals surface area contributed by atoms with E-state index in [0.29, 0.717) is 55.3 Å². The maximum Gasteiger partial charge on any atom is 0.331 e. The summed E-state index contributed by atoms with van der Waals surface area (Å²) in [5, 5.41) is 0. The molecule has 3 aromatic rings. The van der Waals surface area contributed by atoms with Crippen LogP contribution < -0.4 is 16.0 Å². The summed E-state index contributed by atoms with van der Waals surface area (Å²) in [4.78, 5) is 28.7. The Hall–Kier alpha value is -2.89. The van der Waals surface area contributed by atoms with Crippen molar-refractivity contribution in [2.75, 3.05) is 32.9 Å². The first-order valence-corrected chi connectivity index (χ1v) is 12.4. The smallest absolute Gasteiger partial charge is 0.331 e. The Morgan fingerprint density at radius 1 is 1.12 bits per heavy atom. The van der Waals surface area contributed by atoms with Crippen LogP contribution in [0.3, 0.4) is 0 Å². The molecule has 10 nitrogen and oxygen atoms in total. The van der Waals surface area contributed by atoms with Crippen LogP contribution in [0.25, 0.3) is 22.3 Å². The predicted molar refractivity (Wildman–Crippen MR) is 124 cm³/mol. The normalized spacial score (nSPS) is 15.2. The third-order valence-electron chi connectivity index (χ3n) is 5.72. The van der Waals surface area contributed by atoms with Crippen molar-refractivity contribution < 1.29 is 17.9 Å². The number of nitrogens with one attached hydrogen (secondary N) is 1. The Labute approximate surface area is 191 Å². The van der Waals surface area contributed by atoms with Crippen LogP contribution in [0.5, 0.6) is 5.75 Å². The van der Waals surface area contributed by atoms with E-state index in [9.17, 15) is 18.0 Å². The van der Waals surface area contributed by atoms with Gasteiger partial charge in [0.15, 0.2) is 0 Å². The minimum atomic E-state index is -3.73. The van der Waals surface area contributed by atoms with Crippen molar-refractivity contribution in [3.8, 4) is 17.0 Å². The monoisotopic (exact) mass is 476 g/mol. The third-order valence-corrected chi connectivity index (χ3v) is 7.61. The predicted octanol–water partition coefficient (Wildman–Crippen LogP) is 1.52. The number of nitrogens with zero attached hydrogens (tertiary/aromatic N) is 3. The zero-order valence-corrected chi connectivity index (χ0v) is 19.8. The molecule has 0 atom stereocenters. The summed E-state index contributed by atoms with van der Waals surface area (Å²) < 4.78 is 41.5. The molecule has 1 aromatic carbocycles. The topological polar surface area (TPSA) is 116 Å². The molecule has 0 saturated carbocycles. The molecule has 1 N–H and O–H groups in total. The number of rotatable bonds is 7. The highest BCUT2D eigenvalue weighted by molar-refractivity contribution is 7.89. The summed E-state index contributed by atoms with van der Waals surface area (Å²) in [6.45, 7) is 5.89. The van der Waals surface area contributed by atoms with Gasteiger partial charge in [-0.1, -0.05) is 6.92 Å². The largest absolute Gasteiger partial charge is 0.493 e. The van der Waals surface area contributed by atoms with Gasteiger partial charge < -0.3 is 14.5 Å². The fraction of sp³-hybridized carbons (Fsp3) is 0.455. The molecule has 0 radical (unpaired) electrons. The van der Waals surface area contributed by atoms with Gasteiger partial charge in [0.2, 0.25) is 10.0 Å². The van der Waals surface area contributed by atoms with Gasteiger partial charge in [0.05, 0.1) is 35.9 Å². The highest BCUT2D eigenvalue weighted by Crippen LogP contribution is 2.34. The lowest BCUT2D eigenvalue weighted by atomic mass is 10.1. The lowest BCUT2D eigenvalue weighted by Gasteiger charge is -2.26. The first-order valence-electron chi connectivity index (χ1n) is 11.0. The van der Waals surface area contributed by atoms with Crippen LogP contribution in [-0.4, -0.2) is 59.8 Å². The number of hydrogen-bond donors (Lipinski definition) is 1. The summed E-state index contributed by atoms with van der Waals surface area (Å²) >= 11 is 0. The molecule has 1 aliphatic rings. The van der Waals surface area contributed by atoms with Crippen LogP contribution in [0, 0.1) is 0 Å². The number of sulfonamides is 1. The molecular formula is C22H28N4O6S. The summed E-state index contributed by atoms with van der Waals surface area (Å²) in [6.07, 6.45) is 0.713. The van der Waals surface area contributed by atoms with Gasteiger partial charge in [-0.05, 0) is 37.6 Å². The molecule has 0 bridgehead atoms.